The largest absolute Gasteiger partial charge is 0.481 e. The number of rotatable bonds is 5. The third-order valence-corrected chi connectivity index (χ3v) is 2.05. The van der Waals surface area contributed by atoms with Crippen LogP contribution in [0.3, 0.4) is 0 Å². The van der Waals surface area contributed by atoms with E-state index in [9.17, 15) is 4.79 Å². The molecule has 0 aliphatic rings. The fourth-order valence-corrected chi connectivity index (χ4v) is 0.973. The Morgan fingerprint density at radius 3 is 2.60 bits per heavy atom. The number of unbranched alkanes of at least 4 members (excludes halogenated alkanes) is 2. The average molecular weight is 162 g/mol. The Morgan fingerprint density at radius 1 is 1.60 bits per heavy atom. The van der Waals surface area contributed by atoms with E-state index in [1.54, 1.807) is 0 Å². The number of carboxylic acids is 1. The Labute approximate surface area is 64.2 Å². The van der Waals surface area contributed by atoms with E-state index in [0.717, 1.165) is 25.7 Å². The summed E-state index contributed by atoms with van der Waals surface area (Å²) >= 11 is 0. The lowest BCUT2D eigenvalue weighted by Crippen LogP contribution is -2.11. The molecule has 2 nitrogen and oxygen atoms in total. The van der Waals surface area contributed by atoms with Crippen molar-refractivity contribution in [2.24, 2.45) is 0 Å². The molecule has 60 valence electrons. The van der Waals surface area contributed by atoms with E-state index in [2.05, 4.69) is 16.2 Å². The zero-order valence-electron chi connectivity index (χ0n) is 6.34. The van der Waals surface area contributed by atoms with Crippen molar-refractivity contribution in [3.8, 4) is 0 Å². The van der Waals surface area contributed by atoms with Crippen LogP contribution in [0, 0.1) is 0 Å². The van der Waals surface area contributed by atoms with Gasteiger partial charge in [0.25, 0.3) is 0 Å². The van der Waals surface area contributed by atoms with Gasteiger partial charge in [-0.25, -0.2) is 0 Å². The second kappa shape index (κ2) is 5.67. The van der Waals surface area contributed by atoms with Crippen LogP contribution in [-0.4, -0.2) is 16.7 Å². The summed E-state index contributed by atoms with van der Waals surface area (Å²) in [6.07, 6.45) is 4.10. The van der Waals surface area contributed by atoms with Crippen molar-refractivity contribution in [3.63, 3.8) is 0 Å². The van der Waals surface area contributed by atoms with Crippen LogP contribution in [0.5, 0.6) is 0 Å². The summed E-state index contributed by atoms with van der Waals surface area (Å²) in [5, 5.41) is 8.46. The van der Waals surface area contributed by atoms with Gasteiger partial charge in [-0.15, -0.1) is 9.24 Å². The van der Waals surface area contributed by atoms with Gasteiger partial charge in [-0.1, -0.05) is 26.2 Å². The molecule has 0 aliphatic heterocycles. The molecular weight excluding hydrogens is 147 g/mol. The molecule has 0 heterocycles. The van der Waals surface area contributed by atoms with E-state index in [0.29, 0.717) is 0 Å². The number of carbonyl (C=O) groups is 1. The fourth-order valence-electron chi connectivity index (χ4n) is 0.738. The topological polar surface area (TPSA) is 37.3 Å². The van der Waals surface area contributed by atoms with Crippen molar-refractivity contribution in [1.82, 2.24) is 0 Å². The van der Waals surface area contributed by atoms with Crippen molar-refractivity contribution in [2.45, 2.75) is 38.3 Å². The Bertz CT molecular complexity index is 104. The smallest absolute Gasteiger partial charge is 0.310 e. The molecular formula is C7H15O2P. The molecule has 1 N–H and O–H groups in total. The summed E-state index contributed by atoms with van der Waals surface area (Å²) in [6.45, 7) is 2.11. The van der Waals surface area contributed by atoms with Crippen LogP contribution >= 0.6 is 9.24 Å². The maximum absolute atomic E-state index is 10.3. The molecule has 0 spiro atoms. The predicted octanol–water partition coefficient (Wildman–Crippen LogP) is 1.89. The number of carboxylic acid groups (broad SMARTS) is 1. The molecule has 0 aromatic carbocycles. The third kappa shape index (κ3) is 4.75. The molecule has 0 saturated heterocycles. The molecule has 10 heavy (non-hydrogen) atoms. The van der Waals surface area contributed by atoms with Crippen LogP contribution in [0.2, 0.25) is 0 Å². The van der Waals surface area contributed by atoms with Gasteiger partial charge in [-0.2, -0.15) is 0 Å². The highest BCUT2D eigenvalue weighted by Crippen LogP contribution is 2.10. The number of aliphatic carboxylic acids is 1. The molecule has 0 aromatic heterocycles. The van der Waals surface area contributed by atoms with Gasteiger partial charge < -0.3 is 5.11 Å². The highest BCUT2D eigenvalue weighted by Gasteiger charge is 2.08. The highest BCUT2D eigenvalue weighted by molar-refractivity contribution is 7.19. The molecule has 2 unspecified atom stereocenters. The van der Waals surface area contributed by atoms with Crippen LogP contribution in [-0.2, 0) is 4.79 Å². The van der Waals surface area contributed by atoms with Crippen LogP contribution < -0.4 is 0 Å². The molecule has 0 saturated carbocycles. The fraction of sp³-hybridized carbons (Fsp3) is 0.857. The normalized spacial score (nSPS) is 13.0. The summed E-state index contributed by atoms with van der Waals surface area (Å²) in [6, 6.07) is 0. The van der Waals surface area contributed by atoms with E-state index in [4.69, 9.17) is 5.11 Å². The SMILES string of the molecule is CCCCCC(P)C(=O)O. The first-order chi connectivity index (χ1) is 4.68. The van der Waals surface area contributed by atoms with Gasteiger partial charge >= 0.3 is 5.97 Å². The van der Waals surface area contributed by atoms with Gasteiger partial charge in [-0.05, 0) is 6.42 Å². The van der Waals surface area contributed by atoms with Crippen molar-refractivity contribution in [1.29, 1.82) is 0 Å². The second-order valence-corrected chi connectivity index (χ2v) is 3.25. The molecule has 3 heteroatoms. The lowest BCUT2D eigenvalue weighted by atomic mass is 10.1. The Morgan fingerprint density at radius 2 is 2.20 bits per heavy atom. The lowest BCUT2D eigenvalue weighted by Gasteiger charge is -2.03. The maximum atomic E-state index is 10.3. The minimum atomic E-state index is -0.707. The molecule has 0 amide bonds. The van der Waals surface area contributed by atoms with Crippen LogP contribution in [0.1, 0.15) is 32.6 Å². The molecule has 2 atom stereocenters. The average Bonchev–Trinajstić information content (AvgIpc) is 1.88. The summed E-state index contributed by atoms with van der Waals surface area (Å²) in [5.41, 5.74) is -0.244. The van der Waals surface area contributed by atoms with Gasteiger partial charge in [0.1, 0.15) is 0 Å². The molecule has 0 bridgehead atoms. The molecule has 0 aromatic rings. The quantitative estimate of drug-likeness (QED) is 0.495. The Hall–Kier alpha value is -0.100. The number of hydrogen-bond acceptors (Lipinski definition) is 1. The van der Waals surface area contributed by atoms with E-state index >= 15 is 0 Å². The summed E-state index contributed by atoms with van der Waals surface area (Å²) in [4.78, 5) is 10.3. The first kappa shape index (κ1) is 9.90. The van der Waals surface area contributed by atoms with Crippen molar-refractivity contribution >= 4 is 15.2 Å². The third-order valence-electron chi connectivity index (χ3n) is 1.44. The zero-order chi connectivity index (χ0) is 7.98. The number of hydrogen-bond donors (Lipinski definition) is 1. The van der Waals surface area contributed by atoms with Gasteiger partial charge in [0.05, 0.1) is 5.66 Å². The van der Waals surface area contributed by atoms with Crippen LogP contribution in [0.15, 0.2) is 0 Å². The zero-order valence-corrected chi connectivity index (χ0v) is 7.49. The van der Waals surface area contributed by atoms with E-state index < -0.39 is 5.97 Å². The van der Waals surface area contributed by atoms with Gasteiger partial charge in [0.15, 0.2) is 0 Å². The van der Waals surface area contributed by atoms with E-state index in [1.165, 1.54) is 0 Å². The summed E-state index contributed by atoms with van der Waals surface area (Å²) in [7, 11) is 2.34. The van der Waals surface area contributed by atoms with Gasteiger partial charge in [-0.3, -0.25) is 4.79 Å². The van der Waals surface area contributed by atoms with E-state index in [1.807, 2.05) is 0 Å². The highest BCUT2D eigenvalue weighted by atomic mass is 31.0. The van der Waals surface area contributed by atoms with E-state index in [-0.39, 0.29) is 5.66 Å². The first-order valence-electron chi connectivity index (χ1n) is 3.67. The Kier molecular flexibility index (Phi) is 5.61. The maximum Gasteiger partial charge on any atom is 0.310 e. The predicted molar refractivity (Wildman–Crippen MR) is 45.3 cm³/mol. The first-order valence-corrected chi connectivity index (χ1v) is 4.33. The standard InChI is InChI=1S/C7H15O2P/c1-2-3-4-5-6(10)7(8)9/h6H,2-5,10H2,1H3,(H,8,9). The van der Waals surface area contributed by atoms with Crippen LogP contribution in [0.25, 0.3) is 0 Å². The molecule has 0 radical (unpaired) electrons. The minimum Gasteiger partial charge on any atom is -0.481 e. The second-order valence-electron chi connectivity index (χ2n) is 2.44. The molecule has 0 rings (SSSR count). The monoisotopic (exact) mass is 162 g/mol. The van der Waals surface area contributed by atoms with Crippen molar-refractivity contribution in [3.05, 3.63) is 0 Å². The summed E-state index contributed by atoms with van der Waals surface area (Å²) in [5.74, 6) is -0.707. The minimum absolute atomic E-state index is 0.244. The lowest BCUT2D eigenvalue weighted by molar-refractivity contribution is -0.136. The van der Waals surface area contributed by atoms with Gasteiger partial charge in [0, 0.05) is 0 Å². The molecule has 0 aliphatic carbocycles. The summed E-state index contributed by atoms with van der Waals surface area (Å²) < 4.78 is 0. The van der Waals surface area contributed by atoms with Gasteiger partial charge in [0.2, 0.25) is 0 Å². The molecule has 0 fully saturated rings. The van der Waals surface area contributed by atoms with Crippen molar-refractivity contribution in [2.75, 3.05) is 0 Å². The Balaban J connectivity index is 3.21. The van der Waals surface area contributed by atoms with Crippen molar-refractivity contribution < 1.29 is 9.90 Å². The van der Waals surface area contributed by atoms with Crippen LogP contribution in [0.4, 0.5) is 0 Å².